The summed E-state index contributed by atoms with van der Waals surface area (Å²) in [5.74, 6) is 0.712. The van der Waals surface area contributed by atoms with Crippen molar-refractivity contribution in [3.63, 3.8) is 0 Å². The second-order valence-corrected chi connectivity index (χ2v) is 10.4. The Morgan fingerprint density at radius 2 is 1.67 bits per heavy atom. The monoisotopic (exact) mass is 527 g/mol. The molecule has 2 aromatic rings. The van der Waals surface area contributed by atoms with Crippen molar-refractivity contribution in [3.05, 3.63) is 68.6 Å². The molecule has 0 radical (unpaired) electrons. The molecule has 9 heteroatoms. The lowest BCUT2D eigenvalue weighted by Gasteiger charge is -2.44. The van der Waals surface area contributed by atoms with Crippen LogP contribution in [0.15, 0.2) is 53.0 Å². The summed E-state index contributed by atoms with van der Waals surface area (Å²) in [6.07, 6.45) is 0.898. The number of carbonyl (C=O) groups is 1. The molecular weight excluding hydrogens is 501 g/mol. The highest BCUT2D eigenvalue weighted by Crippen LogP contribution is 2.52. The van der Waals surface area contributed by atoms with Gasteiger partial charge in [-0.1, -0.05) is 37.0 Å². The molecule has 1 unspecified atom stereocenters. The van der Waals surface area contributed by atoms with E-state index >= 15 is 0 Å². The summed E-state index contributed by atoms with van der Waals surface area (Å²) in [5, 5.41) is 11.0. The smallest absolute Gasteiger partial charge is 0.203 e. The number of benzene rings is 2. The van der Waals surface area contributed by atoms with Crippen LogP contribution in [-0.2, 0) is 4.79 Å². The third-order valence-corrected chi connectivity index (χ3v) is 7.30. The summed E-state index contributed by atoms with van der Waals surface area (Å²) in [6.45, 7) is 4.08. The van der Waals surface area contributed by atoms with E-state index in [1.54, 1.807) is 35.2 Å². The summed E-state index contributed by atoms with van der Waals surface area (Å²) in [5.41, 5.74) is 9.12. The Morgan fingerprint density at radius 1 is 1.03 bits per heavy atom. The Balaban J connectivity index is 2.03. The van der Waals surface area contributed by atoms with Gasteiger partial charge in [0.2, 0.25) is 5.75 Å². The number of halogens is 2. The second-order valence-electron chi connectivity index (χ2n) is 9.54. The van der Waals surface area contributed by atoms with E-state index < -0.39 is 5.92 Å². The van der Waals surface area contributed by atoms with Crippen LogP contribution in [0.5, 0.6) is 17.2 Å². The fraction of sp³-hybridized carbons (Fsp3) is 0.333. The van der Waals surface area contributed by atoms with Crippen LogP contribution in [0.2, 0.25) is 10.0 Å². The first kappa shape index (κ1) is 25.7. The zero-order valence-electron chi connectivity index (χ0n) is 20.7. The van der Waals surface area contributed by atoms with E-state index in [0.717, 1.165) is 5.70 Å². The van der Waals surface area contributed by atoms with Crippen molar-refractivity contribution in [2.24, 2.45) is 11.1 Å². The van der Waals surface area contributed by atoms with Crippen molar-refractivity contribution in [3.8, 4) is 23.3 Å². The standard InChI is InChI=1S/C27H27Cl2N3O4/c1-27(2)11-19-24(20(33)12-27)23(14-8-21(34-3)25(36-5)22(9-14)35-4)16(13-30)26(31)32(19)15-6-7-17(28)18(29)10-15/h6-10,23H,11-12,31H2,1-5H3. The predicted octanol–water partition coefficient (Wildman–Crippen LogP) is 5.96. The van der Waals surface area contributed by atoms with E-state index in [9.17, 15) is 10.1 Å². The fourth-order valence-electron chi connectivity index (χ4n) is 5.03. The van der Waals surface area contributed by atoms with Crippen LogP contribution < -0.4 is 24.8 Å². The minimum absolute atomic E-state index is 0.0506. The molecule has 2 aliphatic rings. The van der Waals surface area contributed by atoms with Gasteiger partial charge in [0.05, 0.1) is 48.9 Å². The summed E-state index contributed by atoms with van der Waals surface area (Å²) >= 11 is 12.5. The Labute approximate surface area is 220 Å². The second kappa shape index (κ2) is 9.61. The van der Waals surface area contributed by atoms with Gasteiger partial charge in [-0.15, -0.1) is 0 Å². The van der Waals surface area contributed by atoms with E-state index in [2.05, 4.69) is 6.07 Å². The highest BCUT2D eigenvalue weighted by Gasteiger charge is 2.45. The van der Waals surface area contributed by atoms with Crippen LogP contribution >= 0.6 is 23.2 Å². The SMILES string of the molecule is COc1cc(C2C(C#N)=C(N)N(c3ccc(Cl)c(Cl)c3)C3=C2C(=O)CC(C)(C)C3)cc(OC)c1OC. The van der Waals surface area contributed by atoms with Gasteiger partial charge in [0.1, 0.15) is 5.82 Å². The Bertz CT molecular complexity index is 1330. The van der Waals surface area contributed by atoms with Crippen LogP contribution in [-0.4, -0.2) is 27.1 Å². The fourth-order valence-corrected chi connectivity index (χ4v) is 5.32. The van der Waals surface area contributed by atoms with Crippen LogP contribution in [0.1, 0.15) is 38.2 Å². The van der Waals surface area contributed by atoms with Gasteiger partial charge in [-0.05, 0) is 47.7 Å². The van der Waals surface area contributed by atoms with E-state index in [4.69, 9.17) is 43.1 Å². The first-order chi connectivity index (χ1) is 17.1. The van der Waals surface area contributed by atoms with Crippen molar-refractivity contribution in [1.82, 2.24) is 0 Å². The van der Waals surface area contributed by atoms with Gasteiger partial charge in [0, 0.05) is 23.4 Å². The average molecular weight is 528 g/mol. The van der Waals surface area contributed by atoms with Crippen molar-refractivity contribution in [2.45, 2.75) is 32.6 Å². The quantitative estimate of drug-likeness (QED) is 0.511. The van der Waals surface area contributed by atoms with Crippen molar-refractivity contribution < 1.29 is 19.0 Å². The van der Waals surface area contributed by atoms with Gasteiger partial charge in [0.25, 0.3) is 0 Å². The van der Waals surface area contributed by atoms with Crippen LogP contribution in [0.25, 0.3) is 0 Å². The molecule has 2 N–H and O–H groups in total. The highest BCUT2D eigenvalue weighted by atomic mass is 35.5. The zero-order valence-corrected chi connectivity index (χ0v) is 22.3. The normalized spacial score (nSPS) is 19.1. The van der Waals surface area contributed by atoms with Gasteiger partial charge in [-0.2, -0.15) is 5.26 Å². The molecule has 1 atom stereocenters. The molecule has 0 amide bonds. The number of anilines is 1. The molecule has 0 spiro atoms. The van der Waals surface area contributed by atoms with E-state index in [1.807, 2.05) is 13.8 Å². The Morgan fingerprint density at radius 3 is 2.19 bits per heavy atom. The van der Waals surface area contributed by atoms with Crippen molar-refractivity contribution in [2.75, 3.05) is 26.2 Å². The van der Waals surface area contributed by atoms with Gasteiger partial charge in [0.15, 0.2) is 17.3 Å². The largest absolute Gasteiger partial charge is 0.493 e. The number of carbonyl (C=O) groups excluding carboxylic acids is 1. The number of nitrogens with two attached hydrogens (primary N) is 1. The Hall–Kier alpha value is -3.34. The maximum Gasteiger partial charge on any atom is 0.203 e. The zero-order chi connectivity index (χ0) is 26.4. The molecule has 188 valence electrons. The number of allylic oxidation sites excluding steroid dienone is 3. The topological polar surface area (TPSA) is 97.8 Å². The third kappa shape index (κ3) is 4.25. The molecule has 2 aromatic carbocycles. The minimum Gasteiger partial charge on any atom is -0.493 e. The molecule has 1 heterocycles. The summed E-state index contributed by atoms with van der Waals surface area (Å²) < 4.78 is 16.5. The third-order valence-electron chi connectivity index (χ3n) is 6.56. The number of ether oxygens (including phenoxy) is 3. The van der Waals surface area contributed by atoms with Crippen LogP contribution in [0.3, 0.4) is 0 Å². The number of nitrogens with zero attached hydrogens (tertiary/aromatic N) is 2. The molecule has 7 nitrogen and oxygen atoms in total. The van der Waals surface area contributed by atoms with Crippen molar-refractivity contribution >= 4 is 34.7 Å². The molecule has 0 fully saturated rings. The minimum atomic E-state index is -0.707. The molecule has 0 saturated heterocycles. The lowest BCUT2D eigenvalue weighted by atomic mass is 9.68. The first-order valence-electron chi connectivity index (χ1n) is 11.3. The molecule has 4 rings (SSSR count). The lowest BCUT2D eigenvalue weighted by molar-refractivity contribution is -0.118. The molecule has 0 saturated carbocycles. The van der Waals surface area contributed by atoms with E-state index in [1.165, 1.54) is 21.3 Å². The summed E-state index contributed by atoms with van der Waals surface area (Å²) in [6, 6.07) is 10.9. The van der Waals surface area contributed by atoms with Gasteiger partial charge >= 0.3 is 0 Å². The first-order valence-corrected chi connectivity index (χ1v) is 12.0. The average Bonchev–Trinajstić information content (AvgIpc) is 2.83. The molecular formula is C27H27Cl2N3O4. The number of Topliss-reactive ketones (excluding diaryl/α,β-unsaturated/α-hetero) is 1. The Kier molecular flexibility index (Phi) is 6.87. The molecule has 36 heavy (non-hydrogen) atoms. The van der Waals surface area contributed by atoms with E-state index in [-0.39, 0.29) is 22.6 Å². The predicted molar refractivity (Wildman–Crippen MR) is 140 cm³/mol. The number of nitriles is 1. The number of hydrogen-bond donors (Lipinski definition) is 1. The van der Waals surface area contributed by atoms with Crippen molar-refractivity contribution in [1.29, 1.82) is 5.26 Å². The molecule has 0 aromatic heterocycles. The summed E-state index contributed by atoms with van der Waals surface area (Å²) in [7, 11) is 4.55. The van der Waals surface area contributed by atoms with Gasteiger partial charge < -0.3 is 19.9 Å². The molecule has 1 aliphatic heterocycles. The maximum atomic E-state index is 13.7. The van der Waals surface area contributed by atoms with Gasteiger partial charge in [-0.3, -0.25) is 9.69 Å². The molecule has 1 aliphatic carbocycles. The lowest BCUT2D eigenvalue weighted by Crippen LogP contribution is -2.42. The maximum absolute atomic E-state index is 13.7. The highest BCUT2D eigenvalue weighted by molar-refractivity contribution is 6.42. The number of hydrogen-bond acceptors (Lipinski definition) is 7. The number of methoxy groups -OCH3 is 3. The molecule has 0 bridgehead atoms. The van der Waals surface area contributed by atoms with E-state index in [0.29, 0.717) is 57.0 Å². The number of rotatable bonds is 5. The summed E-state index contributed by atoms with van der Waals surface area (Å²) in [4.78, 5) is 15.5. The number of ketones is 1. The van der Waals surface area contributed by atoms with Crippen LogP contribution in [0.4, 0.5) is 5.69 Å². The van der Waals surface area contributed by atoms with Gasteiger partial charge in [-0.25, -0.2) is 0 Å². The van der Waals surface area contributed by atoms with Crippen LogP contribution in [0, 0.1) is 16.7 Å².